The molecule has 0 unspecified atom stereocenters. The minimum atomic E-state index is -3.48. The van der Waals surface area contributed by atoms with Crippen molar-refractivity contribution in [3.8, 4) is 0 Å². The summed E-state index contributed by atoms with van der Waals surface area (Å²) < 4.78 is 26.7. The lowest BCUT2D eigenvalue weighted by Gasteiger charge is -2.30. The molecule has 1 amide bonds. The molecule has 3 rings (SSSR count). The van der Waals surface area contributed by atoms with Crippen LogP contribution >= 0.6 is 11.6 Å². The maximum absolute atomic E-state index is 12.6. The van der Waals surface area contributed by atoms with E-state index >= 15 is 0 Å². The second-order valence-electron chi connectivity index (χ2n) is 6.34. The van der Waals surface area contributed by atoms with Crippen molar-refractivity contribution < 1.29 is 13.2 Å². The van der Waals surface area contributed by atoms with Crippen molar-refractivity contribution in [1.82, 2.24) is 9.62 Å². The van der Waals surface area contributed by atoms with Crippen LogP contribution in [0.1, 0.15) is 18.4 Å². The summed E-state index contributed by atoms with van der Waals surface area (Å²) >= 11 is 5.94. The highest BCUT2D eigenvalue weighted by molar-refractivity contribution is 7.89. The Morgan fingerprint density at radius 3 is 2.42 bits per heavy atom. The van der Waals surface area contributed by atoms with Gasteiger partial charge in [-0.25, -0.2) is 8.42 Å². The van der Waals surface area contributed by atoms with Crippen LogP contribution in [0.15, 0.2) is 59.5 Å². The third-order valence-corrected chi connectivity index (χ3v) is 6.71. The predicted octanol–water partition coefficient (Wildman–Crippen LogP) is 3.06. The van der Waals surface area contributed by atoms with Gasteiger partial charge in [-0.2, -0.15) is 4.31 Å². The first-order valence-corrected chi connectivity index (χ1v) is 10.4. The fraction of sp³-hybridized carbons (Fsp3) is 0.316. The molecule has 0 radical (unpaired) electrons. The van der Waals surface area contributed by atoms with Gasteiger partial charge >= 0.3 is 0 Å². The van der Waals surface area contributed by atoms with Crippen molar-refractivity contribution in [1.29, 1.82) is 0 Å². The van der Waals surface area contributed by atoms with Crippen LogP contribution in [0.3, 0.4) is 0 Å². The molecule has 1 fully saturated rings. The standard InChI is InChI=1S/C19H21ClN2O3S/c20-17-6-4-5-15(13-17)14-21-19(23)16-9-11-22(12-10-16)26(24,25)18-7-2-1-3-8-18/h1-8,13,16H,9-12,14H2,(H,21,23). The van der Waals surface area contributed by atoms with Gasteiger partial charge in [0.1, 0.15) is 0 Å². The summed E-state index contributed by atoms with van der Waals surface area (Å²) in [6.45, 7) is 1.13. The van der Waals surface area contributed by atoms with Gasteiger partial charge in [0.05, 0.1) is 4.90 Å². The highest BCUT2D eigenvalue weighted by atomic mass is 35.5. The zero-order valence-corrected chi connectivity index (χ0v) is 15.8. The Bertz CT molecular complexity index is 863. The number of hydrogen-bond acceptors (Lipinski definition) is 3. The molecule has 1 N–H and O–H groups in total. The van der Waals surface area contributed by atoms with Crippen molar-refractivity contribution in [3.63, 3.8) is 0 Å². The quantitative estimate of drug-likeness (QED) is 0.850. The predicted molar refractivity (Wildman–Crippen MR) is 101 cm³/mol. The largest absolute Gasteiger partial charge is 0.352 e. The summed E-state index contributed by atoms with van der Waals surface area (Å²) in [5.41, 5.74) is 0.940. The molecule has 1 aliphatic heterocycles. The van der Waals surface area contributed by atoms with Gasteiger partial charge in [0.25, 0.3) is 0 Å². The number of nitrogens with zero attached hydrogens (tertiary/aromatic N) is 1. The molecular formula is C19H21ClN2O3S. The van der Waals surface area contributed by atoms with E-state index in [9.17, 15) is 13.2 Å². The molecule has 138 valence electrons. The summed E-state index contributed by atoms with van der Waals surface area (Å²) in [6, 6.07) is 15.8. The van der Waals surface area contributed by atoms with Gasteiger partial charge in [-0.3, -0.25) is 4.79 Å². The molecule has 26 heavy (non-hydrogen) atoms. The van der Waals surface area contributed by atoms with Crippen LogP contribution in [0.4, 0.5) is 0 Å². The van der Waals surface area contributed by atoms with Gasteiger partial charge in [0.2, 0.25) is 15.9 Å². The Balaban J connectivity index is 1.54. The lowest BCUT2D eigenvalue weighted by Crippen LogP contribution is -2.42. The third-order valence-electron chi connectivity index (χ3n) is 4.56. The molecule has 0 aliphatic carbocycles. The minimum Gasteiger partial charge on any atom is -0.352 e. The van der Waals surface area contributed by atoms with Gasteiger partial charge < -0.3 is 5.32 Å². The molecule has 5 nitrogen and oxygen atoms in total. The average Bonchev–Trinajstić information content (AvgIpc) is 2.67. The summed E-state index contributed by atoms with van der Waals surface area (Å²) in [6.07, 6.45) is 1.04. The monoisotopic (exact) mass is 392 g/mol. The molecule has 0 atom stereocenters. The van der Waals surface area contributed by atoms with Crippen LogP contribution in [-0.2, 0) is 21.4 Å². The van der Waals surface area contributed by atoms with Crippen LogP contribution in [0.25, 0.3) is 0 Å². The summed E-state index contributed by atoms with van der Waals surface area (Å²) in [5.74, 6) is -0.210. The van der Waals surface area contributed by atoms with E-state index in [1.807, 2.05) is 18.2 Å². The highest BCUT2D eigenvalue weighted by Crippen LogP contribution is 2.24. The number of hydrogen-bond donors (Lipinski definition) is 1. The van der Waals surface area contributed by atoms with Gasteiger partial charge in [0.15, 0.2) is 0 Å². The Morgan fingerprint density at radius 1 is 1.08 bits per heavy atom. The van der Waals surface area contributed by atoms with Crippen LogP contribution in [-0.4, -0.2) is 31.7 Å². The second-order valence-corrected chi connectivity index (χ2v) is 8.71. The van der Waals surface area contributed by atoms with E-state index in [0.717, 1.165) is 5.56 Å². The van der Waals surface area contributed by atoms with E-state index in [4.69, 9.17) is 11.6 Å². The van der Waals surface area contributed by atoms with Crippen molar-refractivity contribution in [2.24, 2.45) is 5.92 Å². The van der Waals surface area contributed by atoms with E-state index < -0.39 is 10.0 Å². The minimum absolute atomic E-state index is 0.0401. The molecule has 2 aromatic rings. The number of carbonyl (C=O) groups excluding carboxylic acids is 1. The normalized spacial score (nSPS) is 16.3. The van der Waals surface area contributed by atoms with Gasteiger partial charge in [-0.1, -0.05) is 41.9 Å². The molecule has 1 heterocycles. The molecule has 1 aliphatic rings. The first-order chi connectivity index (χ1) is 12.5. The molecule has 7 heteroatoms. The lowest BCUT2D eigenvalue weighted by atomic mass is 9.97. The second kappa shape index (κ2) is 8.20. The topological polar surface area (TPSA) is 66.5 Å². The van der Waals surface area contributed by atoms with Crippen molar-refractivity contribution >= 4 is 27.5 Å². The molecule has 0 saturated carbocycles. The molecule has 0 aromatic heterocycles. The first kappa shape index (κ1) is 18.9. The number of rotatable bonds is 5. The smallest absolute Gasteiger partial charge is 0.243 e. The van der Waals surface area contributed by atoms with Crippen molar-refractivity contribution in [2.45, 2.75) is 24.3 Å². The van der Waals surface area contributed by atoms with Gasteiger partial charge in [-0.15, -0.1) is 0 Å². The van der Waals surface area contributed by atoms with Gasteiger partial charge in [-0.05, 0) is 42.7 Å². The zero-order chi connectivity index (χ0) is 18.6. The molecular weight excluding hydrogens is 372 g/mol. The number of sulfonamides is 1. The fourth-order valence-electron chi connectivity index (χ4n) is 3.08. The Morgan fingerprint density at radius 2 is 1.77 bits per heavy atom. The third kappa shape index (κ3) is 4.44. The summed E-state index contributed by atoms with van der Waals surface area (Å²) in [5, 5.41) is 3.55. The average molecular weight is 393 g/mol. The summed E-state index contributed by atoms with van der Waals surface area (Å²) in [4.78, 5) is 12.7. The van der Waals surface area contributed by atoms with Crippen molar-refractivity contribution in [2.75, 3.05) is 13.1 Å². The Kier molecular flexibility index (Phi) is 5.96. The number of benzene rings is 2. The maximum atomic E-state index is 12.6. The van der Waals surface area contributed by atoms with Crippen LogP contribution < -0.4 is 5.32 Å². The molecule has 0 bridgehead atoms. The van der Waals surface area contributed by atoms with Gasteiger partial charge in [0, 0.05) is 30.6 Å². The molecule has 1 saturated heterocycles. The number of nitrogens with one attached hydrogen (secondary N) is 1. The number of halogens is 1. The highest BCUT2D eigenvalue weighted by Gasteiger charge is 2.31. The van der Waals surface area contributed by atoms with E-state index in [1.165, 1.54) is 4.31 Å². The van der Waals surface area contributed by atoms with Crippen molar-refractivity contribution in [3.05, 3.63) is 65.2 Å². The van der Waals surface area contributed by atoms with Crippen LogP contribution in [0.2, 0.25) is 5.02 Å². The maximum Gasteiger partial charge on any atom is 0.243 e. The van der Waals surface area contributed by atoms with Crippen LogP contribution in [0, 0.1) is 5.92 Å². The molecule has 0 spiro atoms. The number of amides is 1. The SMILES string of the molecule is O=C(NCc1cccc(Cl)c1)C1CCN(S(=O)(=O)c2ccccc2)CC1. The Hall–Kier alpha value is -1.89. The number of piperidine rings is 1. The van der Waals surface area contributed by atoms with E-state index in [1.54, 1.807) is 36.4 Å². The lowest BCUT2D eigenvalue weighted by molar-refractivity contribution is -0.126. The van der Waals surface area contributed by atoms with E-state index in [-0.39, 0.29) is 11.8 Å². The van der Waals surface area contributed by atoms with E-state index in [2.05, 4.69) is 5.32 Å². The summed E-state index contributed by atoms with van der Waals surface area (Å²) in [7, 11) is -3.48. The number of carbonyl (C=O) groups is 1. The first-order valence-electron chi connectivity index (χ1n) is 8.54. The van der Waals surface area contributed by atoms with E-state index in [0.29, 0.717) is 42.4 Å². The molecule has 2 aromatic carbocycles. The fourth-order valence-corrected chi connectivity index (χ4v) is 4.78. The Labute approximate surface area is 159 Å². The zero-order valence-electron chi connectivity index (χ0n) is 14.3. The van der Waals surface area contributed by atoms with Crippen LogP contribution in [0.5, 0.6) is 0 Å².